The number of hydrogen-bond donors (Lipinski definition) is 0. The van der Waals surface area contributed by atoms with Gasteiger partial charge in [0, 0.05) is 0 Å². The van der Waals surface area contributed by atoms with Gasteiger partial charge in [-0.1, -0.05) is 104 Å². The van der Waals surface area contributed by atoms with E-state index in [4.69, 9.17) is 4.74 Å². The van der Waals surface area contributed by atoms with E-state index in [1.54, 1.807) is 0 Å². The predicted octanol–water partition coefficient (Wildman–Crippen LogP) is 4.41. The molecule has 152 valence electrons. The van der Waals surface area contributed by atoms with Crippen molar-refractivity contribution in [3.63, 3.8) is 0 Å². The van der Waals surface area contributed by atoms with Crippen molar-refractivity contribution in [1.29, 1.82) is 5.26 Å². The molecule has 3 rings (SSSR count). The number of nitriles is 1. The summed E-state index contributed by atoms with van der Waals surface area (Å²) < 4.78 is 5.67. The first-order valence-corrected chi connectivity index (χ1v) is 12.0. The number of ether oxygens (including phenoxy) is 1. The Bertz CT molecular complexity index is 951. The molecule has 0 spiro atoms. The lowest BCUT2D eigenvalue weighted by Gasteiger charge is -2.31. The molecule has 3 aromatic carbocycles. The van der Waals surface area contributed by atoms with Crippen molar-refractivity contribution in [2.45, 2.75) is 26.2 Å². The smallest absolute Gasteiger partial charge is 0.336 e. The zero-order valence-electron chi connectivity index (χ0n) is 17.2. The van der Waals surface area contributed by atoms with E-state index in [-0.39, 0.29) is 12.4 Å². The van der Waals surface area contributed by atoms with Gasteiger partial charge < -0.3 is 4.74 Å². The molecular formula is C26H26NO2P. The third-order valence-corrected chi connectivity index (χ3v) is 9.42. The first kappa shape index (κ1) is 21.6. The molecule has 0 N–H and O–H groups in total. The molecular weight excluding hydrogens is 389 g/mol. The quantitative estimate of drug-likeness (QED) is 0.311. The maximum absolute atomic E-state index is 13.4. The number of benzene rings is 3. The van der Waals surface area contributed by atoms with E-state index >= 15 is 0 Å². The highest BCUT2D eigenvalue weighted by Crippen LogP contribution is 2.47. The van der Waals surface area contributed by atoms with Crippen molar-refractivity contribution >= 4 is 34.1 Å². The minimum absolute atomic E-state index is 0.0252. The third-order valence-electron chi connectivity index (χ3n) is 5.05. The fourth-order valence-corrected chi connectivity index (χ4v) is 8.00. The summed E-state index contributed by atoms with van der Waals surface area (Å²) in [6.07, 6.45) is 1.77. The molecule has 30 heavy (non-hydrogen) atoms. The maximum Gasteiger partial charge on any atom is 0.336 e. The van der Waals surface area contributed by atoms with E-state index in [2.05, 4.69) is 49.4 Å². The van der Waals surface area contributed by atoms with Crippen LogP contribution in [0.4, 0.5) is 0 Å². The van der Waals surface area contributed by atoms with Gasteiger partial charge in [0.1, 0.15) is 0 Å². The van der Waals surface area contributed by atoms with Gasteiger partial charge in [0.05, 0.1) is 24.4 Å². The largest absolute Gasteiger partial charge is 0.462 e. The van der Waals surface area contributed by atoms with Gasteiger partial charge in [-0.2, -0.15) is 5.26 Å². The molecule has 0 aliphatic heterocycles. The minimum Gasteiger partial charge on any atom is -0.462 e. The SMILES string of the molecule is CCCCOC(=O)C(CC#N)=P(c1ccccc1)(c1ccccc1)c1ccccc1. The molecule has 0 bridgehead atoms. The summed E-state index contributed by atoms with van der Waals surface area (Å²) in [6.45, 7) is -0.143. The van der Waals surface area contributed by atoms with E-state index in [1.165, 1.54) is 0 Å². The number of nitrogens with zero attached hydrogens (tertiary/aromatic N) is 1. The highest BCUT2D eigenvalue weighted by Gasteiger charge is 2.33. The average Bonchev–Trinajstić information content (AvgIpc) is 2.81. The van der Waals surface area contributed by atoms with Gasteiger partial charge in [0.2, 0.25) is 0 Å². The number of hydrogen-bond acceptors (Lipinski definition) is 3. The van der Waals surface area contributed by atoms with Gasteiger partial charge in [0.25, 0.3) is 0 Å². The van der Waals surface area contributed by atoms with Crippen LogP contribution < -0.4 is 15.9 Å². The van der Waals surface area contributed by atoms with Gasteiger partial charge in [-0.05, 0) is 29.2 Å². The van der Waals surface area contributed by atoms with Crippen LogP contribution in [-0.4, -0.2) is 17.9 Å². The van der Waals surface area contributed by atoms with Crippen LogP contribution in [0.15, 0.2) is 91.0 Å². The lowest BCUT2D eigenvalue weighted by molar-refractivity contribution is -0.135. The lowest BCUT2D eigenvalue weighted by atomic mass is 10.3. The van der Waals surface area contributed by atoms with Crippen LogP contribution in [0.3, 0.4) is 0 Å². The molecule has 0 unspecified atom stereocenters. The van der Waals surface area contributed by atoms with Crippen molar-refractivity contribution in [2.24, 2.45) is 0 Å². The molecule has 0 saturated carbocycles. The summed E-state index contributed by atoms with van der Waals surface area (Å²) in [6, 6.07) is 32.4. The molecule has 3 nitrogen and oxygen atoms in total. The molecule has 0 aromatic heterocycles. The number of carbonyl (C=O) groups is 1. The summed E-state index contributed by atoms with van der Waals surface area (Å²) in [4.78, 5) is 13.4. The maximum atomic E-state index is 13.4. The van der Waals surface area contributed by atoms with Crippen LogP contribution in [0.25, 0.3) is 0 Å². The van der Waals surface area contributed by atoms with Gasteiger partial charge in [0.15, 0.2) is 0 Å². The monoisotopic (exact) mass is 415 g/mol. The molecule has 0 radical (unpaired) electrons. The topological polar surface area (TPSA) is 50.1 Å². The normalized spacial score (nSPS) is 10.8. The standard InChI is InChI=1S/C26H26NO2P/c1-2-3-21-29-26(28)25(19-20-27)30(22-13-7-4-8-14-22,23-15-9-5-10-16-23)24-17-11-6-12-18-24/h4-18H,2-3,19,21H2,1H3. The van der Waals surface area contributed by atoms with Crippen LogP contribution in [0.2, 0.25) is 0 Å². The highest BCUT2D eigenvalue weighted by atomic mass is 31.2. The molecule has 0 heterocycles. The minimum atomic E-state index is -2.57. The molecule has 4 heteroatoms. The van der Waals surface area contributed by atoms with Crippen LogP contribution in [0, 0.1) is 11.3 Å². The number of rotatable bonds is 8. The van der Waals surface area contributed by atoms with Crippen molar-refractivity contribution in [3.8, 4) is 6.07 Å². The van der Waals surface area contributed by atoms with E-state index in [0.717, 1.165) is 28.8 Å². The Hall–Kier alpha value is -3.08. The Balaban J connectivity index is 2.44. The second-order valence-electron chi connectivity index (χ2n) is 6.95. The highest BCUT2D eigenvalue weighted by molar-refractivity contribution is 7.96. The first-order chi connectivity index (χ1) is 14.7. The van der Waals surface area contributed by atoms with E-state index in [1.807, 2.05) is 54.6 Å². The lowest BCUT2D eigenvalue weighted by Crippen LogP contribution is -2.34. The third kappa shape index (κ3) is 4.40. The molecule has 0 aliphatic carbocycles. The summed E-state index contributed by atoms with van der Waals surface area (Å²) in [5.74, 6) is -0.366. The number of esters is 1. The molecule has 0 atom stereocenters. The Labute approximate surface area is 178 Å². The van der Waals surface area contributed by atoms with Gasteiger partial charge in [-0.3, -0.25) is 0 Å². The van der Waals surface area contributed by atoms with Crippen molar-refractivity contribution in [2.75, 3.05) is 6.61 Å². The van der Waals surface area contributed by atoms with Gasteiger partial charge in [-0.15, -0.1) is 0 Å². The zero-order chi connectivity index (χ0) is 21.2. The number of carbonyl (C=O) groups excluding carboxylic acids is 1. The summed E-state index contributed by atoms with van der Waals surface area (Å²) >= 11 is 0. The number of unbranched alkanes of at least 4 members (excludes halogenated alkanes) is 1. The molecule has 0 fully saturated rings. The average molecular weight is 415 g/mol. The van der Waals surface area contributed by atoms with Crippen LogP contribution in [-0.2, 0) is 9.53 Å². The summed E-state index contributed by atoms with van der Waals surface area (Å²) in [5, 5.41) is 13.4. The Morgan fingerprint density at radius 2 is 1.27 bits per heavy atom. The summed E-state index contributed by atoms with van der Waals surface area (Å²) in [5.41, 5.74) is 0. The Kier molecular flexibility index (Phi) is 7.66. The molecule has 0 saturated heterocycles. The van der Waals surface area contributed by atoms with E-state index < -0.39 is 6.89 Å². The second-order valence-corrected chi connectivity index (χ2v) is 10.4. The molecule has 0 amide bonds. The van der Waals surface area contributed by atoms with Crippen LogP contribution in [0.5, 0.6) is 0 Å². The van der Waals surface area contributed by atoms with Crippen molar-refractivity contribution in [3.05, 3.63) is 91.0 Å². The zero-order valence-corrected chi connectivity index (χ0v) is 18.1. The fourth-order valence-electron chi connectivity index (χ4n) is 3.66. The van der Waals surface area contributed by atoms with Crippen molar-refractivity contribution < 1.29 is 9.53 Å². The Morgan fingerprint density at radius 3 is 1.63 bits per heavy atom. The van der Waals surface area contributed by atoms with Crippen LogP contribution >= 0.6 is 6.89 Å². The fraction of sp³-hybridized carbons (Fsp3) is 0.192. The Morgan fingerprint density at radius 1 is 0.833 bits per heavy atom. The summed E-state index contributed by atoms with van der Waals surface area (Å²) in [7, 11) is 0. The van der Waals surface area contributed by atoms with E-state index in [0.29, 0.717) is 11.9 Å². The van der Waals surface area contributed by atoms with Gasteiger partial charge >= 0.3 is 5.97 Å². The van der Waals surface area contributed by atoms with Crippen LogP contribution in [0.1, 0.15) is 26.2 Å². The predicted molar refractivity (Wildman–Crippen MR) is 126 cm³/mol. The van der Waals surface area contributed by atoms with E-state index in [9.17, 15) is 10.1 Å². The second kappa shape index (κ2) is 10.6. The first-order valence-electron chi connectivity index (χ1n) is 10.2. The molecule has 3 aromatic rings. The van der Waals surface area contributed by atoms with Gasteiger partial charge in [-0.25, -0.2) is 4.79 Å². The molecule has 0 aliphatic rings. The van der Waals surface area contributed by atoms with Crippen molar-refractivity contribution in [1.82, 2.24) is 0 Å².